The van der Waals surface area contributed by atoms with Crippen LogP contribution < -0.4 is 0 Å². The predicted octanol–water partition coefficient (Wildman–Crippen LogP) is 3.94. The van der Waals surface area contributed by atoms with Crippen LogP contribution in [0.4, 0.5) is 4.79 Å². The Hall–Kier alpha value is -3.41. The van der Waals surface area contributed by atoms with E-state index in [2.05, 4.69) is 15.1 Å². The van der Waals surface area contributed by atoms with E-state index >= 15 is 0 Å². The Morgan fingerprint density at radius 2 is 2.23 bits per heavy atom. The third kappa shape index (κ3) is 4.13. The van der Waals surface area contributed by atoms with Gasteiger partial charge in [-0.25, -0.2) is 9.78 Å². The average Bonchev–Trinajstić information content (AvgIpc) is 3.40. The molecule has 0 radical (unpaired) electrons. The molecule has 3 aromatic rings. The van der Waals surface area contributed by atoms with Crippen molar-refractivity contribution < 1.29 is 18.5 Å². The summed E-state index contributed by atoms with van der Waals surface area (Å²) >= 11 is 0. The summed E-state index contributed by atoms with van der Waals surface area (Å²) in [7, 11) is 0. The highest BCUT2D eigenvalue weighted by Gasteiger charge is 2.26. The Morgan fingerprint density at radius 1 is 1.43 bits per heavy atom. The van der Waals surface area contributed by atoms with E-state index in [1.54, 1.807) is 17.0 Å². The summed E-state index contributed by atoms with van der Waals surface area (Å²) in [6, 6.07) is 5.43. The number of rotatable bonds is 5. The van der Waals surface area contributed by atoms with Crippen LogP contribution in [-0.4, -0.2) is 45.3 Å². The maximum atomic E-state index is 12.1. The lowest BCUT2D eigenvalue weighted by Gasteiger charge is -2.31. The highest BCUT2D eigenvalue weighted by atomic mass is 16.6. The Bertz CT molecular complexity index is 1070. The van der Waals surface area contributed by atoms with Crippen molar-refractivity contribution >= 4 is 17.1 Å². The van der Waals surface area contributed by atoms with Gasteiger partial charge in [0, 0.05) is 31.8 Å². The Balaban J connectivity index is 1.37. The Kier molecular flexibility index (Phi) is 5.65. The van der Waals surface area contributed by atoms with E-state index in [-0.39, 0.29) is 18.1 Å². The lowest BCUT2D eigenvalue weighted by Crippen LogP contribution is -2.40. The van der Waals surface area contributed by atoms with Crippen molar-refractivity contribution in [2.24, 2.45) is 5.92 Å². The number of hydrogen-bond acceptors (Lipinski definition) is 8. The zero-order valence-electron chi connectivity index (χ0n) is 17.0. The first-order valence-corrected chi connectivity index (χ1v) is 10.1. The maximum Gasteiger partial charge on any atom is 0.410 e. The third-order valence-electron chi connectivity index (χ3n) is 5.45. The van der Waals surface area contributed by atoms with E-state index in [1.807, 2.05) is 19.9 Å². The number of carbonyl (C=O) groups excluding carboxylic acids is 1. The van der Waals surface area contributed by atoms with Gasteiger partial charge in [-0.2, -0.15) is 10.2 Å². The molecule has 1 atom stereocenters. The van der Waals surface area contributed by atoms with Crippen molar-refractivity contribution in [1.29, 1.82) is 5.26 Å². The molecule has 9 heteroatoms. The van der Waals surface area contributed by atoms with Gasteiger partial charge in [0.05, 0.1) is 5.39 Å². The number of pyridine rings is 1. The molecule has 0 aliphatic carbocycles. The molecule has 1 aliphatic heterocycles. The summed E-state index contributed by atoms with van der Waals surface area (Å²) in [5.74, 6) is 1.66. The summed E-state index contributed by atoms with van der Waals surface area (Å²) < 4.78 is 16.5. The van der Waals surface area contributed by atoms with Gasteiger partial charge in [-0.05, 0) is 38.2 Å². The summed E-state index contributed by atoms with van der Waals surface area (Å²) in [6.45, 7) is 5.22. The van der Waals surface area contributed by atoms with E-state index in [9.17, 15) is 10.1 Å². The summed E-state index contributed by atoms with van der Waals surface area (Å²) in [5, 5.41) is 13.9. The molecule has 0 N–H and O–H groups in total. The molecule has 156 valence electrons. The quantitative estimate of drug-likeness (QED) is 0.622. The number of ether oxygens (including phenoxy) is 1. The van der Waals surface area contributed by atoms with Crippen LogP contribution in [0, 0.1) is 17.2 Å². The van der Waals surface area contributed by atoms with Crippen LogP contribution in [0.5, 0.6) is 0 Å². The molecule has 9 nitrogen and oxygen atoms in total. The van der Waals surface area contributed by atoms with Crippen LogP contribution in [0.25, 0.3) is 22.6 Å². The molecule has 0 spiro atoms. The first-order valence-electron chi connectivity index (χ1n) is 10.1. The molecule has 1 aliphatic rings. The molecule has 1 amide bonds. The van der Waals surface area contributed by atoms with Crippen molar-refractivity contribution in [2.45, 2.75) is 45.6 Å². The normalized spacial score (nSPS) is 15.8. The van der Waals surface area contributed by atoms with E-state index in [0.717, 1.165) is 19.3 Å². The van der Waals surface area contributed by atoms with E-state index < -0.39 is 0 Å². The van der Waals surface area contributed by atoms with Crippen molar-refractivity contribution in [2.75, 3.05) is 13.1 Å². The average molecular weight is 409 g/mol. The van der Waals surface area contributed by atoms with Crippen molar-refractivity contribution in [3.63, 3.8) is 0 Å². The molecule has 1 fully saturated rings. The van der Waals surface area contributed by atoms with Gasteiger partial charge in [-0.3, -0.25) is 0 Å². The van der Waals surface area contributed by atoms with Crippen molar-refractivity contribution in [1.82, 2.24) is 20.0 Å². The summed E-state index contributed by atoms with van der Waals surface area (Å²) in [4.78, 5) is 22.4. The molecule has 0 unspecified atom stereocenters. The summed E-state index contributed by atoms with van der Waals surface area (Å²) in [5.41, 5.74) is 0.841. The zero-order valence-corrected chi connectivity index (χ0v) is 17.0. The topological polar surface area (TPSA) is 118 Å². The van der Waals surface area contributed by atoms with Crippen LogP contribution in [0.2, 0.25) is 0 Å². The molecular formula is C21H23N5O4. The first kappa shape index (κ1) is 19.9. The molecule has 0 aromatic carbocycles. The molecule has 4 rings (SSSR count). The minimum Gasteiger partial charge on any atom is -0.451 e. The lowest BCUT2D eigenvalue weighted by molar-refractivity contribution is 0.0579. The standard InChI is InChI=1S/C21H23N5O4/c1-3-13(2)28-21(27)26-8-5-14(6-9-26)10-19-24-20(30-25-19)18-11-15-16(12-22)23-7-4-17(15)29-18/h4,7,11,13-14H,3,5-6,8-10H2,1-2H3/t13-/m0/s1. The van der Waals surface area contributed by atoms with Gasteiger partial charge in [0.25, 0.3) is 5.89 Å². The number of carbonyl (C=O) groups is 1. The number of likely N-dealkylation sites (tertiary alicyclic amines) is 1. The third-order valence-corrected chi connectivity index (χ3v) is 5.45. The van der Waals surface area contributed by atoms with E-state index in [4.69, 9.17) is 13.7 Å². The molecule has 1 saturated heterocycles. The van der Waals surface area contributed by atoms with Gasteiger partial charge in [0.2, 0.25) is 0 Å². The molecular weight excluding hydrogens is 386 g/mol. The largest absolute Gasteiger partial charge is 0.451 e. The molecule has 0 saturated carbocycles. The lowest BCUT2D eigenvalue weighted by atomic mass is 9.93. The summed E-state index contributed by atoms with van der Waals surface area (Å²) in [6.07, 6.45) is 4.43. The number of furan rings is 1. The fraction of sp³-hybridized carbons (Fsp3) is 0.476. The van der Waals surface area contributed by atoms with Gasteiger partial charge in [0.1, 0.15) is 17.8 Å². The Labute approximate surface area is 173 Å². The van der Waals surface area contributed by atoms with Gasteiger partial charge in [0.15, 0.2) is 17.3 Å². The van der Waals surface area contributed by atoms with Gasteiger partial charge >= 0.3 is 6.09 Å². The van der Waals surface area contributed by atoms with Crippen molar-refractivity contribution in [3.05, 3.63) is 29.8 Å². The highest BCUT2D eigenvalue weighted by Crippen LogP contribution is 2.29. The second-order valence-electron chi connectivity index (χ2n) is 7.55. The number of nitriles is 1. The van der Waals surface area contributed by atoms with E-state index in [1.165, 1.54) is 6.20 Å². The number of hydrogen-bond donors (Lipinski definition) is 0. The van der Waals surface area contributed by atoms with Crippen LogP contribution in [0.3, 0.4) is 0 Å². The Morgan fingerprint density at radius 3 is 2.97 bits per heavy atom. The molecule has 30 heavy (non-hydrogen) atoms. The smallest absolute Gasteiger partial charge is 0.410 e. The van der Waals surface area contributed by atoms with Crippen LogP contribution in [-0.2, 0) is 11.2 Å². The van der Waals surface area contributed by atoms with Gasteiger partial charge in [-0.1, -0.05) is 12.1 Å². The second kappa shape index (κ2) is 8.53. The number of fused-ring (bicyclic) bond motifs is 1. The molecule has 3 aromatic heterocycles. The minimum absolute atomic E-state index is 0.0637. The number of piperidine rings is 1. The number of nitrogens with zero attached hydrogens (tertiary/aromatic N) is 5. The van der Waals surface area contributed by atoms with Crippen LogP contribution in [0.1, 0.15) is 44.6 Å². The SMILES string of the molecule is CC[C@H](C)OC(=O)N1CCC(Cc2noc(-c3cc4c(C#N)nccc4o3)n2)CC1. The fourth-order valence-electron chi connectivity index (χ4n) is 3.50. The number of amides is 1. The zero-order chi connectivity index (χ0) is 21.1. The van der Waals surface area contributed by atoms with Gasteiger partial charge in [-0.15, -0.1) is 0 Å². The minimum atomic E-state index is -0.235. The molecule has 0 bridgehead atoms. The monoisotopic (exact) mass is 409 g/mol. The fourth-order valence-corrected chi connectivity index (χ4v) is 3.50. The van der Waals surface area contributed by atoms with Gasteiger partial charge < -0.3 is 18.6 Å². The number of aromatic nitrogens is 3. The highest BCUT2D eigenvalue weighted by molar-refractivity contribution is 5.85. The van der Waals surface area contributed by atoms with E-state index in [0.29, 0.717) is 53.7 Å². The van der Waals surface area contributed by atoms with Crippen LogP contribution >= 0.6 is 0 Å². The van der Waals surface area contributed by atoms with Crippen LogP contribution in [0.15, 0.2) is 27.3 Å². The first-order chi connectivity index (χ1) is 14.6. The van der Waals surface area contributed by atoms with Crippen molar-refractivity contribution in [3.8, 4) is 17.7 Å². The molecule has 4 heterocycles. The maximum absolute atomic E-state index is 12.1. The predicted molar refractivity (Wildman–Crippen MR) is 106 cm³/mol. The second-order valence-corrected chi connectivity index (χ2v) is 7.55.